The number of amides is 1. The molecule has 1 amide bonds. The molecule has 0 spiro atoms. The maximum Gasteiger partial charge on any atom is 0.416 e. The lowest BCUT2D eigenvalue weighted by Crippen LogP contribution is -2.19. The molecule has 1 heterocycles. The summed E-state index contributed by atoms with van der Waals surface area (Å²) in [4.78, 5) is 16.4. The smallest absolute Gasteiger partial charge is 0.300 e. The van der Waals surface area contributed by atoms with Crippen molar-refractivity contribution in [1.82, 2.24) is 5.32 Å². The number of nitrogens with one attached hydrogen (secondary N) is 1. The number of halogens is 5. The van der Waals surface area contributed by atoms with Gasteiger partial charge >= 0.3 is 6.18 Å². The molecular weight excluding hydrogens is 408 g/mol. The van der Waals surface area contributed by atoms with Gasteiger partial charge in [-0.15, -0.1) is 0 Å². The standard InChI is InChI=1S/C17H9Cl2F3N2OS/c18-11-5-4-9(13(19)8-11)6-14-15(25)24-16(26-14)23-12-3-1-2-10(7-12)17(20,21)22/h1-8H,(H,23,24,25)/b14-6-. The first-order chi connectivity index (χ1) is 12.2. The minimum Gasteiger partial charge on any atom is -0.300 e. The van der Waals surface area contributed by atoms with E-state index in [1.807, 2.05) is 0 Å². The van der Waals surface area contributed by atoms with Gasteiger partial charge in [-0.3, -0.25) is 4.79 Å². The van der Waals surface area contributed by atoms with Gasteiger partial charge in [-0.1, -0.05) is 35.3 Å². The predicted molar refractivity (Wildman–Crippen MR) is 98.7 cm³/mol. The van der Waals surface area contributed by atoms with Crippen LogP contribution in [0.2, 0.25) is 10.0 Å². The van der Waals surface area contributed by atoms with Crippen molar-refractivity contribution < 1.29 is 18.0 Å². The molecule has 134 valence electrons. The Hall–Kier alpha value is -1.96. The van der Waals surface area contributed by atoms with E-state index in [1.165, 1.54) is 12.1 Å². The Kier molecular flexibility index (Phi) is 5.32. The average Bonchev–Trinajstić information content (AvgIpc) is 2.89. The van der Waals surface area contributed by atoms with Crippen LogP contribution in [0.1, 0.15) is 11.1 Å². The van der Waals surface area contributed by atoms with E-state index in [-0.39, 0.29) is 10.9 Å². The number of carbonyl (C=O) groups excluding carboxylic acids is 1. The Bertz CT molecular complexity index is 942. The molecule has 26 heavy (non-hydrogen) atoms. The Balaban J connectivity index is 1.86. The van der Waals surface area contributed by atoms with Crippen LogP contribution in [0.4, 0.5) is 18.9 Å². The van der Waals surface area contributed by atoms with Crippen LogP contribution in [0.5, 0.6) is 0 Å². The number of benzene rings is 2. The molecule has 0 bridgehead atoms. The van der Waals surface area contributed by atoms with E-state index in [1.54, 1.807) is 24.3 Å². The fourth-order valence-electron chi connectivity index (χ4n) is 2.11. The number of hydrogen-bond donors (Lipinski definition) is 1. The van der Waals surface area contributed by atoms with Crippen molar-refractivity contribution in [1.29, 1.82) is 0 Å². The van der Waals surface area contributed by atoms with Crippen LogP contribution in [0, 0.1) is 0 Å². The second-order valence-corrected chi connectivity index (χ2v) is 7.07. The van der Waals surface area contributed by atoms with E-state index in [0.717, 1.165) is 23.9 Å². The van der Waals surface area contributed by atoms with E-state index in [9.17, 15) is 18.0 Å². The summed E-state index contributed by atoms with van der Waals surface area (Å²) >= 11 is 12.9. The molecule has 0 aromatic heterocycles. The van der Waals surface area contributed by atoms with Crippen LogP contribution < -0.4 is 5.32 Å². The van der Waals surface area contributed by atoms with Crippen LogP contribution in [0.25, 0.3) is 6.08 Å². The number of aliphatic imine (C=N–C) groups is 1. The minimum atomic E-state index is -4.46. The summed E-state index contributed by atoms with van der Waals surface area (Å²) in [7, 11) is 0. The first kappa shape index (κ1) is 18.8. The third-order valence-electron chi connectivity index (χ3n) is 3.30. The van der Waals surface area contributed by atoms with Gasteiger partial charge in [-0.25, -0.2) is 4.99 Å². The molecule has 1 aliphatic heterocycles. The van der Waals surface area contributed by atoms with Crippen LogP contribution in [0.15, 0.2) is 52.4 Å². The largest absolute Gasteiger partial charge is 0.416 e. The number of alkyl halides is 3. The number of hydrogen-bond acceptors (Lipinski definition) is 3. The lowest BCUT2D eigenvalue weighted by molar-refractivity contribution is -0.137. The third kappa shape index (κ3) is 4.41. The van der Waals surface area contributed by atoms with Gasteiger partial charge in [-0.2, -0.15) is 13.2 Å². The summed E-state index contributed by atoms with van der Waals surface area (Å²) in [6.07, 6.45) is -2.90. The maximum atomic E-state index is 12.8. The van der Waals surface area contributed by atoms with Crippen LogP contribution in [-0.4, -0.2) is 11.1 Å². The molecule has 1 saturated heterocycles. The van der Waals surface area contributed by atoms with Crippen molar-refractivity contribution in [2.45, 2.75) is 6.18 Å². The molecule has 1 aliphatic rings. The van der Waals surface area contributed by atoms with Crippen molar-refractivity contribution in [3.8, 4) is 0 Å². The summed E-state index contributed by atoms with van der Waals surface area (Å²) < 4.78 is 38.3. The quantitative estimate of drug-likeness (QED) is 0.618. The van der Waals surface area contributed by atoms with Crippen molar-refractivity contribution in [2.24, 2.45) is 4.99 Å². The highest BCUT2D eigenvalue weighted by molar-refractivity contribution is 8.18. The summed E-state index contributed by atoms with van der Waals surface area (Å²) in [6, 6.07) is 9.39. The number of amidine groups is 1. The van der Waals surface area contributed by atoms with Crippen LogP contribution >= 0.6 is 35.0 Å². The maximum absolute atomic E-state index is 12.8. The molecule has 9 heteroatoms. The summed E-state index contributed by atoms with van der Waals surface area (Å²) in [6.45, 7) is 0. The second-order valence-electron chi connectivity index (χ2n) is 5.20. The molecule has 0 atom stereocenters. The first-order valence-corrected chi connectivity index (χ1v) is 8.71. The third-order valence-corrected chi connectivity index (χ3v) is 4.78. The lowest BCUT2D eigenvalue weighted by Gasteiger charge is -2.06. The molecule has 0 unspecified atom stereocenters. The Morgan fingerprint density at radius 3 is 2.58 bits per heavy atom. The van der Waals surface area contributed by atoms with Crippen LogP contribution in [-0.2, 0) is 11.0 Å². The molecular formula is C17H9Cl2F3N2OS. The highest BCUT2D eigenvalue weighted by atomic mass is 35.5. The first-order valence-electron chi connectivity index (χ1n) is 7.14. The molecule has 0 radical (unpaired) electrons. The molecule has 1 fully saturated rings. The summed E-state index contributed by atoms with van der Waals surface area (Å²) in [5.41, 5.74) is -0.125. The monoisotopic (exact) mass is 416 g/mol. The second kappa shape index (κ2) is 7.34. The van der Waals surface area contributed by atoms with Crippen LogP contribution in [0.3, 0.4) is 0 Å². The van der Waals surface area contributed by atoms with Gasteiger partial charge in [0.25, 0.3) is 5.91 Å². The van der Waals surface area contributed by atoms with E-state index < -0.39 is 17.6 Å². The molecule has 0 saturated carbocycles. The van der Waals surface area contributed by atoms with Gasteiger partial charge in [0.1, 0.15) is 0 Å². The van der Waals surface area contributed by atoms with Gasteiger partial charge in [0.2, 0.25) is 0 Å². The molecule has 2 aromatic rings. The minimum absolute atomic E-state index is 0.0911. The lowest BCUT2D eigenvalue weighted by atomic mass is 10.2. The van der Waals surface area contributed by atoms with E-state index in [0.29, 0.717) is 20.5 Å². The summed E-state index contributed by atoms with van der Waals surface area (Å²) in [5, 5.41) is 3.54. The Morgan fingerprint density at radius 2 is 1.88 bits per heavy atom. The molecule has 0 aliphatic carbocycles. The highest BCUT2D eigenvalue weighted by Gasteiger charge is 2.30. The van der Waals surface area contributed by atoms with E-state index in [2.05, 4.69) is 10.3 Å². The van der Waals surface area contributed by atoms with E-state index in [4.69, 9.17) is 23.2 Å². The molecule has 2 aromatic carbocycles. The predicted octanol–water partition coefficient (Wildman–Crippen LogP) is 5.90. The number of thioether (sulfide) groups is 1. The van der Waals surface area contributed by atoms with Gasteiger partial charge in [0.05, 0.1) is 16.2 Å². The van der Waals surface area contributed by atoms with Crippen molar-refractivity contribution in [3.05, 3.63) is 68.5 Å². The summed E-state index contributed by atoms with van der Waals surface area (Å²) in [5.74, 6) is -0.410. The average molecular weight is 417 g/mol. The Labute approximate surface area is 160 Å². The molecule has 3 nitrogen and oxygen atoms in total. The van der Waals surface area contributed by atoms with Crippen molar-refractivity contribution in [2.75, 3.05) is 0 Å². The van der Waals surface area contributed by atoms with Gasteiger partial charge in [0.15, 0.2) is 5.17 Å². The topological polar surface area (TPSA) is 41.5 Å². The Morgan fingerprint density at radius 1 is 1.12 bits per heavy atom. The van der Waals surface area contributed by atoms with Gasteiger partial charge in [-0.05, 0) is 53.7 Å². The number of carbonyl (C=O) groups is 1. The highest BCUT2D eigenvalue weighted by Crippen LogP contribution is 2.33. The number of rotatable bonds is 2. The zero-order valence-electron chi connectivity index (χ0n) is 12.8. The zero-order valence-corrected chi connectivity index (χ0v) is 15.1. The van der Waals surface area contributed by atoms with Gasteiger partial charge in [0, 0.05) is 10.0 Å². The van der Waals surface area contributed by atoms with Gasteiger partial charge < -0.3 is 5.32 Å². The SMILES string of the molecule is O=C1NC(=Nc2cccc(C(F)(F)F)c2)S/C1=C\c1ccc(Cl)cc1Cl. The fraction of sp³-hybridized carbons (Fsp3) is 0.0588. The van der Waals surface area contributed by atoms with E-state index >= 15 is 0 Å². The normalized spacial score (nSPS) is 17.8. The fourth-order valence-corrected chi connectivity index (χ4v) is 3.41. The molecule has 1 N–H and O–H groups in total. The van der Waals surface area contributed by atoms with Crippen molar-refractivity contribution in [3.63, 3.8) is 0 Å². The van der Waals surface area contributed by atoms with Crippen molar-refractivity contribution >= 4 is 57.8 Å². The molecule has 3 rings (SSSR count). The number of nitrogens with zero attached hydrogens (tertiary/aromatic N) is 1. The zero-order chi connectivity index (χ0) is 18.9.